The van der Waals surface area contributed by atoms with E-state index in [2.05, 4.69) is 9.82 Å². The highest BCUT2D eigenvalue weighted by Crippen LogP contribution is 2.22. The second-order valence-corrected chi connectivity index (χ2v) is 6.60. The third-order valence-electron chi connectivity index (χ3n) is 3.14. The maximum atomic E-state index is 12.2. The summed E-state index contributed by atoms with van der Waals surface area (Å²) in [7, 11) is -1.97. The van der Waals surface area contributed by atoms with Gasteiger partial charge in [-0.1, -0.05) is 11.6 Å². The van der Waals surface area contributed by atoms with Crippen LogP contribution in [0.15, 0.2) is 29.3 Å². The Morgan fingerprint density at radius 2 is 2.19 bits per heavy atom. The number of rotatable bonds is 4. The van der Waals surface area contributed by atoms with Crippen LogP contribution in [0.2, 0.25) is 5.02 Å². The fraction of sp³-hybridized carbons (Fsp3) is 0.231. The summed E-state index contributed by atoms with van der Waals surface area (Å²) in [5.74, 6) is 0. The Hall–Kier alpha value is -1.88. The molecule has 1 N–H and O–H groups in total. The molecule has 1 aromatic heterocycles. The van der Waals surface area contributed by atoms with E-state index in [1.807, 2.05) is 13.0 Å². The molecule has 0 aliphatic heterocycles. The molecule has 1 heterocycles. The second-order valence-electron chi connectivity index (χ2n) is 4.46. The van der Waals surface area contributed by atoms with Crippen molar-refractivity contribution in [3.05, 3.63) is 46.2 Å². The molecule has 0 radical (unpaired) electrons. The minimum atomic E-state index is -3.75. The third kappa shape index (κ3) is 3.24. The number of sulfonamides is 1. The number of nitrogens with zero attached hydrogens (tertiary/aromatic N) is 3. The standard InChI is InChI=1S/C13H13ClN4O2S/c1-9-11(7-16-18(9)2)8-17-21(19,20)13-4-3-10(6-15)5-12(13)14/h3-5,7,17H,8H2,1-2H3. The molecule has 2 aromatic rings. The monoisotopic (exact) mass is 324 g/mol. The first-order valence-corrected chi connectivity index (χ1v) is 7.88. The fourth-order valence-corrected chi connectivity index (χ4v) is 3.31. The van der Waals surface area contributed by atoms with Gasteiger partial charge in [-0.2, -0.15) is 10.4 Å². The van der Waals surface area contributed by atoms with Crippen LogP contribution in [0.5, 0.6) is 0 Å². The highest BCUT2D eigenvalue weighted by atomic mass is 35.5. The summed E-state index contributed by atoms with van der Waals surface area (Å²) < 4.78 is 28.6. The first-order valence-electron chi connectivity index (χ1n) is 6.02. The number of benzene rings is 1. The van der Waals surface area contributed by atoms with Gasteiger partial charge in [0.1, 0.15) is 4.90 Å². The van der Waals surface area contributed by atoms with E-state index in [-0.39, 0.29) is 16.5 Å². The minimum absolute atomic E-state index is 0.0180. The number of hydrogen-bond donors (Lipinski definition) is 1. The van der Waals surface area contributed by atoms with Gasteiger partial charge in [0.05, 0.1) is 22.9 Å². The van der Waals surface area contributed by atoms with Gasteiger partial charge >= 0.3 is 0 Å². The van der Waals surface area contributed by atoms with Crippen LogP contribution < -0.4 is 4.72 Å². The van der Waals surface area contributed by atoms with E-state index in [4.69, 9.17) is 16.9 Å². The molecule has 0 bridgehead atoms. The van der Waals surface area contributed by atoms with Crippen molar-refractivity contribution in [1.82, 2.24) is 14.5 Å². The Kier molecular flexibility index (Phi) is 4.32. The Labute approximate surface area is 128 Å². The maximum absolute atomic E-state index is 12.2. The lowest BCUT2D eigenvalue weighted by Crippen LogP contribution is -2.23. The molecule has 110 valence electrons. The summed E-state index contributed by atoms with van der Waals surface area (Å²) in [6.07, 6.45) is 1.61. The fourth-order valence-electron chi connectivity index (χ4n) is 1.76. The number of halogens is 1. The zero-order valence-corrected chi connectivity index (χ0v) is 13.0. The number of hydrogen-bond acceptors (Lipinski definition) is 4. The molecule has 0 aliphatic carbocycles. The molecular formula is C13H13ClN4O2S. The first-order chi connectivity index (χ1) is 9.85. The van der Waals surface area contributed by atoms with Crippen molar-refractivity contribution in [2.75, 3.05) is 0 Å². The van der Waals surface area contributed by atoms with E-state index < -0.39 is 10.0 Å². The van der Waals surface area contributed by atoms with Crippen LogP contribution in [-0.2, 0) is 23.6 Å². The second kappa shape index (κ2) is 5.85. The van der Waals surface area contributed by atoms with Crippen molar-refractivity contribution in [2.24, 2.45) is 7.05 Å². The largest absolute Gasteiger partial charge is 0.273 e. The zero-order valence-electron chi connectivity index (χ0n) is 11.5. The summed E-state index contributed by atoms with van der Waals surface area (Å²) >= 11 is 5.92. The van der Waals surface area contributed by atoms with Gasteiger partial charge in [-0.15, -0.1) is 0 Å². The van der Waals surface area contributed by atoms with Crippen LogP contribution in [0, 0.1) is 18.3 Å². The van der Waals surface area contributed by atoms with Crippen LogP contribution in [0.1, 0.15) is 16.8 Å². The van der Waals surface area contributed by atoms with E-state index in [0.29, 0.717) is 5.56 Å². The summed E-state index contributed by atoms with van der Waals surface area (Å²) in [6, 6.07) is 5.96. The maximum Gasteiger partial charge on any atom is 0.242 e. The molecular weight excluding hydrogens is 312 g/mol. The van der Waals surface area contributed by atoms with E-state index >= 15 is 0 Å². The van der Waals surface area contributed by atoms with Crippen LogP contribution >= 0.6 is 11.6 Å². The lowest BCUT2D eigenvalue weighted by Gasteiger charge is -2.08. The van der Waals surface area contributed by atoms with E-state index in [1.54, 1.807) is 17.9 Å². The smallest absolute Gasteiger partial charge is 0.242 e. The topological polar surface area (TPSA) is 87.8 Å². The van der Waals surface area contributed by atoms with Crippen LogP contribution in [0.4, 0.5) is 0 Å². The Bertz CT molecular complexity index is 821. The highest BCUT2D eigenvalue weighted by Gasteiger charge is 2.18. The van der Waals surface area contributed by atoms with Crippen molar-refractivity contribution >= 4 is 21.6 Å². The van der Waals surface area contributed by atoms with Crippen molar-refractivity contribution in [3.63, 3.8) is 0 Å². The molecule has 0 unspecified atom stereocenters. The van der Waals surface area contributed by atoms with Crippen molar-refractivity contribution in [1.29, 1.82) is 5.26 Å². The molecule has 0 aliphatic rings. The number of aryl methyl sites for hydroxylation is 1. The van der Waals surface area contributed by atoms with E-state index in [0.717, 1.165) is 11.3 Å². The van der Waals surface area contributed by atoms with E-state index in [1.165, 1.54) is 18.2 Å². The number of aromatic nitrogens is 2. The van der Waals surface area contributed by atoms with Crippen molar-refractivity contribution in [2.45, 2.75) is 18.4 Å². The Balaban J connectivity index is 2.23. The zero-order chi connectivity index (χ0) is 15.6. The van der Waals surface area contributed by atoms with Crippen LogP contribution in [-0.4, -0.2) is 18.2 Å². The normalized spacial score (nSPS) is 11.3. The van der Waals surface area contributed by atoms with E-state index in [9.17, 15) is 8.42 Å². The van der Waals surface area contributed by atoms with Gasteiger partial charge in [0.15, 0.2) is 0 Å². The van der Waals surface area contributed by atoms with Gasteiger partial charge in [0, 0.05) is 24.8 Å². The molecule has 0 spiro atoms. The summed E-state index contributed by atoms with van der Waals surface area (Å²) in [5.41, 5.74) is 1.97. The average Bonchev–Trinajstić information content (AvgIpc) is 2.76. The SMILES string of the molecule is Cc1c(CNS(=O)(=O)c2ccc(C#N)cc2Cl)cnn1C. The first kappa shape index (κ1) is 15.5. The van der Waals surface area contributed by atoms with Crippen LogP contribution in [0.25, 0.3) is 0 Å². The summed E-state index contributed by atoms with van der Waals surface area (Å²) in [4.78, 5) is -0.0512. The summed E-state index contributed by atoms with van der Waals surface area (Å²) in [5, 5.41) is 12.8. The number of nitriles is 1. The van der Waals surface area contributed by atoms with Crippen molar-refractivity contribution < 1.29 is 8.42 Å². The van der Waals surface area contributed by atoms with Gasteiger partial charge in [-0.05, 0) is 25.1 Å². The van der Waals surface area contributed by atoms with Gasteiger partial charge in [-0.25, -0.2) is 13.1 Å². The molecule has 0 atom stereocenters. The lowest BCUT2D eigenvalue weighted by atomic mass is 10.2. The van der Waals surface area contributed by atoms with Gasteiger partial charge in [-0.3, -0.25) is 4.68 Å². The van der Waals surface area contributed by atoms with Crippen LogP contribution in [0.3, 0.4) is 0 Å². The molecule has 21 heavy (non-hydrogen) atoms. The predicted molar refractivity (Wildman–Crippen MR) is 78.1 cm³/mol. The lowest BCUT2D eigenvalue weighted by molar-refractivity contribution is 0.581. The molecule has 0 fully saturated rings. The summed E-state index contributed by atoms with van der Waals surface area (Å²) in [6.45, 7) is 1.98. The number of nitrogens with one attached hydrogen (secondary N) is 1. The minimum Gasteiger partial charge on any atom is -0.273 e. The van der Waals surface area contributed by atoms with Crippen molar-refractivity contribution in [3.8, 4) is 6.07 Å². The Morgan fingerprint density at radius 3 is 2.71 bits per heavy atom. The highest BCUT2D eigenvalue weighted by molar-refractivity contribution is 7.89. The van der Waals surface area contributed by atoms with Gasteiger partial charge in [0.2, 0.25) is 10.0 Å². The molecule has 0 amide bonds. The predicted octanol–water partition coefficient (Wildman–Crippen LogP) is 1.73. The molecule has 1 aromatic carbocycles. The third-order valence-corrected chi connectivity index (χ3v) is 5.02. The molecule has 0 saturated heterocycles. The molecule has 6 nitrogen and oxygen atoms in total. The quantitative estimate of drug-likeness (QED) is 0.927. The molecule has 2 rings (SSSR count). The van der Waals surface area contributed by atoms with Gasteiger partial charge in [0.25, 0.3) is 0 Å². The Morgan fingerprint density at radius 1 is 1.48 bits per heavy atom. The van der Waals surface area contributed by atoms with Gasteiger partial charge < -0.3 is 0 Å². The molecule has 0 saturated carbocycles. The molecule has 8 heteroatoms. The average molecular weight is 325 g/mol.